The summed E-state index contributed by atoms with van der Waals surface area (Å²) in [5.74, 6) is -0.712. The third-order valence-electron chi connectivity index (χ3n) is 1.98. The van der Waals surface area contributed by atoms with Crippen LogP contribution in [0.1, 0.15) is 20.3 Å². The summed E-state index contributed by atoms with van der Waals surface area (Å²) in [5.41, 5.74) is 0.151. The Balaban J connectivity index is 4.28. The largest absolute Gasteiger partial charge is 0.422 e. The Morgan fingerprint density at radius 2 is 1.89 bits per heavy atom. The van der Waals surface area contributed by atoms with Crippen LogP contribution in [0.2, 0.25) is 0 Å². The predicted molar refractivity (Wildman–Crippen MR) is 63.7 cm³/mol. The van der Waals surface area contributed by atoms with E-state index in [9.17, 15) is 14.7 Å². The van der Waals surface area contributed by atoms with E-state index in [1.165, 1.54) is 6.92 Å². The average molecular weight is 277 g/mol. The van der Waals surface area contributed by atoms with Crippen LogP contribution in [0, 0.1) is 0 Å². The first-order valence-corrected chi connectivity index (χ1v) is 5.62. The highest BCUT2D eigenvalue weighted by atomic mass is 16.7. The Hall–Kier alpha value is -1.64. The van der Waals surface area contributed by atoms with E-state index in [2.05, 4.69) is 6.58 Å². The van der Waals surface area contributed by atoms with Gasteiger partial charge < -0.3 is 24.8 Å². The highest BCUT2D eigenvalue weighted by Gasteiger charge is 2.22. The number of nitrogens with one attached hydrogen (secondary N) is 1. The van der Waals surface area contributed by atoms with E-state index in [0.29, 0.717) is 0 Å². The van der Waals surface area contributed by atoms with Crippen LogP contribution in [-0.2, 0) is 14.3 Å². The van der Waals surface area contributed by atoms with Gasteiger partial charge in [-0.3, -0.25) is 5.32 Å². The summed E-state index contributed by atoms with van der Waals surface area (Å²) in [6.45, 7) is 5.69. The molecule has 4 N–H and O–H groups in total. The molecular formula is C11H19NO7. The van der Waals surface area contributed by atoms with E-state index < -0.39 is 37.3 Å². The van der Waals surface area contributed by atoms with Crippen molar-refractivity contribution in [3.05, 3.63) is 12.2 Å². The number of hydrogen-bond acceptors (Lipinski definition) is 7. The lowest BCUT2D eigenvalue weighted by Gasteiger charge is -2.20. The van der Waals surface area contributed by atoms with Gasteiger partial charge in [0.15, 0.2) is 6.23 Å². The summed E-state index contributed by atoms with van der Waals surface area (Å²) in [6.07, 6.45) is -5.26. The Morgan fingerprint density at radius 1 is 1.32 bits per heavy atom. The molecule has 0 aromatic rings. The molecule has 0 fully saturated rings. The number of ether oxygens (including phenoxy) is 2. The van der Waals surface area contributed by atoms with Crippen molar-refractivity contribution in [2.24, 2.45) is 0 Å². The number of alkyl carbamates (subject to hydrolysis) is 1. The molecule has 0 aliphatic heterocycles. The van der Waals surface area contributed by atoms with Crippen molar-refractivity contribution in [2.75, 3.05) is 6.61 Å². The maximum atomic E-state index is 11.3. The van der Waals surface area contributed by atoms with Crippen LogP contribution < -0.4 is 5.32 Å². The molecule has 19 heavy (non-hydrogen) atoms. The molecule has 110 valence electrons. The Morgan fingerprint density at radius 3 is 2.32 bits per heavy atom. The molecule has 0 aromatic carbocycles. The molecule has 0 aliphatic carbocycles. The fourth-order valence-corrected chi connectivity index (χ4v) is 0.881. The van der Waals surface area contributed by atoms with Gasteiger partial charge in [0, 0.05) is 12.0 Å². The van der Waals surface area contributed by atoms with Gasteiger partial charge in [-0.1, -0.05) is 13.5 Å². The fourth-order valence-electron chi connectivity index (χ4n) is 0.881. The zero-order valence-corrected chi connectivity index (χ0v) is 10.8. The minimum atomic E-state index is -1.69. The Kier molecular flexibility index (Phi) is 7.73. The number of carbonyl (C=O) groups excluding carboxylic acids is 2. The first-order chi connectivity index (χ1) is 8.81. The summed E-state index contributed by atoms with van der Waals surface area (Å²) >= 11 is 0. The first-order valence-electron chi connectivity index (χ1n) is 5.62. The molecule has 8 nitrogen and oxygen atoms in total. The van der Waals surface area contributed by atoms with Crippen molar-refractivity contribution in [3.63, 3.8) is 0 Å². The van der Waals surface area contributed by atoms with E-state index in [1.807, 2.05) is 5.32 Å². The van der Waals surface area contributed by atoms with Crippen LogP contribution in [0.5, 0.6) is 0 Å². The second-order valence-corrected chi connectivity index (χ2v) is 3.77. The molecule has 0 spiro atoms. The number of hydrogen-bond donors (Lipinski definition) is 4. The lowest BCUT2D eigenvalue weighted by atomic mass is 10.3. The molecule has 0 rings (SSSR count). The van der Waals surface area contributed by atoms with Crippen molar-refractivity contribution < 1.29 is 34.4 Å². The smallest absolute Gasteiger partial charge is 0.412 e. The van der Waals surface area contributed by atoms with Gasteiger partial charge in [-0.25, -0.2) is 9.59 Å². The molecule has 1 amide bonds. The monoisotopic (exact) mass is 277 g/mol. The van der Waals surface area contributed by atoms with Crippen LogP contribution >= 0.6 is 0 Å². The normalized spacial score (nSPS) is 15.0. The van der Waals surface area contributed by atoms with E-state index in [1.54, 1.807) is 6.92 Å². The van der Waals surface area contributed by atoms with Crippen molar-refractivity contribution in [3.8, 4) is 0 Å². The number of rotatable bonds is 7. The standard InChI is InChI=1S/C11H19NO7/c1-4-8(18-10(16)6(2)3)19-11(17)12-9(15)7(14)5-13/h7-9,13-15H,2,4-5H2,1,3H3,(H,12,17). The van der Waals surface area contributed by atoms with Gasteiger partial charge in [-0.05, 0) is 6.92 Å². The molecule has 0 bridgehead atoms. The van der Waals surface area contributed by atoms with E-state index in [0.717, 1.165) is 0 Å². The molecule has 8 heteroatoms. The van der Waals surface area contributed by atoms with Crippen molar-refractivity contribution in [1.82, 2.24) is 5.32 Å². The lowest BCUT2D eigenvalue weighted by Crippen LogP contribution is -2.46. The maximum absolute atomic E-state index is 11.3. The van der Waals surface area contributed by atoms with Gasteiger partial charge in [-0.2, -0.15) is 0 Å². The average Bonchev–Trinajstić information content (AvgIpc) is 2.36. The number of aliphatic hydroxyl groups excluding tert-OH is 3. The summed E-state index contributed by atoms with van der Waals surface area (Å²) in [6, 6.07) is 0. The molecule has 0 aliphatic rings. The Labute approximate surface area is 110 Å². The fraction of sp³-hybridized carbons (Fsp3) is 0.636. The summed E-state index contributed by atoms with van der Waals surface area (Å²) in [5, 5.41) is 28.6. The minimum Gasteiger partial charge on any atom is -0.422 e. The second kappa shape index (κ2) is 8.46. The molecule has 0 radical (unpaired) electrons. The molecular weight excluding hydrogens is 258 g/mol. The molecule has 0 saturated carbocycles. The third-order valence-corrected chi connectivity index (χ3v) is 1.98. The highest BCUT2D eigenvalue weighted by Crippen LogP contribution is 2.05. The SMILES string of the molecule is C=C(C)C(=O)OC(CC)OC(=O)NC(O)C(O)CO. The van der Waals surface area contributed by atoms with Gasteiger partial charge in [0.25, 0.3) is 0 Å². The van der Waals surface area contributed by atoms with E-state index in [4.69, 9.17) is 19.7 Å². The lowest BCUT2D eigenvalue weighted by molar-refractivity contribution is -0.163. The second-order valence-electron chi connectivity index (χ2n) is 3.77. The number of carbonyl (C=O) groups is 2. The summed E-state index contributed by atoms with van der Waals surface area (Å²) in [7, 11) is 0. The van der Waals surface area contributed by atoms with Crippen LogP contribution in [-0.4, -0.2) is 52.6 Å². The predicted octanol–water partition coefficient (Wildman–Crippen LogP) is -0.760. The van der Waals surface area contributed by atoms with Crippen LogP contribution in [0.15, 0.2) is 12.2 Å². The van der Waals surface area contributed by atoms with E-state index >= 15 is 0 Å². The molecule has 3 atom stereocenters. The third kappa shape index (κ3) is 6.75. The van der Waals surface area contributed by atoms with Gasteiger partial charge >= 0.3 is 12.1 Å². The van der Waals surface area contributed by atoms with E-state index in [-0.39, 0.29) is 12.0 Å². The molecule has 0 saturated heterocycles. The minimum absolute atomic E-state index is 0.151. The van der Waals surface area contributed by atoms with Crippen LogP contribution in [0.25, 0.3) is 0 Å². The van der Waals surface area contributed by atoms with Crippen LogP contribution in [0.3, 0.4) is 0 Å². The topological polar surface area (TPSA) is 125 Å². The van der Waals surface area contributed by atoms with Crippen LogP contribution in [0.4, 0.5) is 4.79 Å². The zero-order valence-electron chi connectivity index (χ0n) is 10.8. The van der Waals surface area contributed by atoms with Crippen molar-refractivity contribution >= 4 is 12.1 Å². The van der Waals surface area contributed by atoms with Gasteiger partial charge in [0.05, 0.1) is 6.61 Å². The molecule has 0 aromatic heterocycles. The summed E-state index contributed by atoms with van der Waals surface area (Å²) in [4.78, 5) is 22.5. The van der Waals surface area contributed by atoms with Crippen molar-refractivity contribution in [1.29, 1.82) is 0 Å². The maximum Gasteiger partial charge on any atom is 0.412 e. The van der Waals surface area contributed by atoms with Gasteiger partial charge in [0.1, 0.15) is 6.10 Å². The Bertz CT molecular complexity index is 331. The van der Waals surface area contributed by atoms with Crippen molar-refractivity contribution in [2.45, 2.75) is 38.9 Å². The summed E-state index contributed by atoms with van der Waals surface area (Å²) < 4.78 is 9.48. The zero-order chi connectivity index (χ0) is 15.0. The first kappa shape index (κ1) is 17.4. The van der Waals surface area contributed by atoms with Gasteiger partial charge in [0.2, 0.25) is 6.29 Å². The molecule has 3 unspecified atom stereocenters. The number of amides is 1. The molecule has 0 heterocycles. The number of aliphatic hydroxyl groups is 3. The highest BCUT2D eigenvalue weighted by molar-refractivity contribution is 5.87. The van der Waals surface area contributed by atoms with Gasteiger partial charge in [-0.15, -0.1) is 0 Å². The quantitative estimate of drug-likeness (QED) is 0.274. The number of esters is 1.